The number of aromatic amines is 1. The highest BCUT2D eigenvalue weighted by Gasteiger charge is 2.11. The van der Waals surface area contributed by atoms with Crippen LogP contribution in [0.15, 0.2) is 54.6 Å². The number of anilines is 3. The summed E-state index contributed by atoms with van der Waals surface area (Å²) < 4.78 is 5.66. The number of amides is 1. The Labute approximate surface area is 193 Å². The SMILES string of the molecule is Cc1nc(Nc2cc(CC(=O)Nc3ccccc3)[nH]n2)nc(Oc2ccc(Cl)c(Cl)c2)n1. The van der Waals surface area contributed by atoms with Crippen LogP contribution >= 0.6 is 23.2 Å². The van der Waals surface area contributed by atoms with Gasteiger partial charge in [0.25, 0.3) is 0 Å². The van der Waals surface area contributed by atoms with Gasteiger partial charge in [0.1, 0.15) is 11.6 Å². The van der Waals surface area contributed by atoms with Crippen molar-refractivity contribution in [3.8, 4) is 11.8 Å². The van der Waals surface area contributed by atoms with Gasteiger partial charge in [-0.05, 0) is 31.2 Å². The van der Waals surface area contributed by atoms with Crippen LogP contribution in [0.5, 0.6) is 11.8 Å². The highest BCUT2D eigenvalue weighted by Crippen LogP contribution is 2.28. The summed E-state index contributed by atoms with van der Waals surface area (Å²) in [6.07, 6.45) is 0.130. The lowest BCUT2D eigenvalue weighted by atomic mass is 10.2. The van der Waals surface area contributed by atoms with Crippen LogP contribution in [0.3, 0.4) is 0 Å². The van der Waals surface area contributed by atoms with E-state index in [1.807, 2.05) is 30.3 Å². The second-order valence-corrected chi connectivity index (χ2v) is 7.48. The molecule has 0 atom stereocenters. The lowest BCUT2D eigenvalue weighted by Gasteiger charge is -2.07. The minimum Gasteiger partial charge on any atom is -0.424 e. The lowest BCUT2D eigenvalue weighted by molar-refractivity contribution is -0.115. The topological polar surface area (TPSA) is 118 Å². The number of para-hydroxylation sites is 1. The molecule has 0 saturated heterocycles. The largest absolute Gasteiger partial charge is 0.424 e. The number of H-pyrrole nitrogens is 1. The molecule has 2 aromatic heterocycles. The zero-order valence-corrected chi connectivity index (χ0v) is 18.3. The Morgan fingerprint density at radius 3 is 2.62 bits per heavy atom. The van der Waals surface area contributed by atoms with Crippen molar-refractivity contribution >= 4 is 46.6 Å². The Bertz CT molecular complexity index is 1250. The van der Waals surface area contributed by atoms with Crippen LogP contribution in [0.1, 0.15) is 11.5 Å². The molecule has 0 unspecified atom stereocenters. The zero-order valence-electron chi connectivity index (χ0n) is 16.8. The van der Waals surface area contributed by atoms with Gasteiger partial charge < -0.3 is 15.4 Å². The molecule has 2 heterocycles. The Morgan fingerprint density at radius 2 is 1.84 bits per heavy atom. The number of carbonyl (C=O) groups is 1. The molecule has 4 aromatic rings. The van der Waals surface area contributed by atoms with Crippen molar-refractivity contribution in [2.75, 3.05) is 10.6 Å². The maximum atomic E-state index is 12.2. The summed E-state index contributed by atoms with van der Waals surface area (Å²) >= 11 is 11.9. The first-order valence-electron chi connectivity index (χ1n) is 9.46. The number of carbonyl (C=O) groups excluding carboxylic acids is 1. The van der Waals surface area contributed by atoms with Gasteiger partial charge in [0.15, 0.2) is 5.82 Å². The average Bonchev–Trinajstić information content (AvgIpc) is 3.17. The Morgan fingerprint density at radius 1 is 1.03 bits per heavy atom. The quantitative estimate of drug-likeness (QED) is 0.351. The third kappa shape index (κ3) is 5.71. The van der Waals surface area contributed by atoms with E-state index in [2.05, 4.69) is 35.8 Å². The van der Waals surface area contributed by atoms with E-state index < -0.39 is 0 Å². The molecule has 3 N–H and O–H groups in total. The molecule has 0 aliphatic carbocycles. The van der Waals surface area contributed by atoms with E-state index in [0.717, 1.165) is 5.69 Å². The summed E-state index contributed by atoms with van der Waals surface area (Å²) in [6.45, 7) is 1.71. The van der Waals surface area contributed by atoms with Crippen molar-refractivity contribution in [3.05, 3.63) is 76.2 Å². The summed E-state index contributed by atoms with van der Waals surface area (Å²) in [4.78, 5) is 24.8. The molecule has 0 spiro atoms. The molecule has 11 heteroatoms. The standard InChI is InChI=1S/C21H17Cl2N7O2/c1-12-24-20(28-21(25-12)32-15-7-8-16(22)17(23)11-15)27-18-9-14(29-30-18)10-19(31)26-13-5-3-2-4-6-13/h2-9,11H,10H2,1H3,(H,26,31)(H2,24,25,27,28,29,30). The number of nitrogens with zero attached hydrogens (tertiary/aromatic N) is 4. The number of aryl methyl sites for hydroxylation is 1. The smallest absolute Gasteiger partial charge is 0.327 e. The number of hydrogen-bond acceptors (Lipinski definition) is 7. The molecule has 0 saturated carbocycles. The zero-order chi connectivity index (χ0) is 22.5. The van der Waals surface area contributed by atoms with Gasteiger partial charge in [0.2, 0.25) is 11.9 Å². The van der Waals surface area contributed by atoms with Gasteiger partial charge in [0.05, 0.1) is 16.5 Å². The summed E-state index contributed by atoms with van der Waals surface area (Å²) in [7, 11) is 0. The van der Waals surface area contributed by atoms with E-state index in [1.54, 1.807) is 31.2 Å². The number of nitrogens with one attached hydrogen (secondary N) is 3. The minimum absolute atomic E-state index is 0.0800. The summed E-state index contributed by atoms with van der Waals surface area (Å²) in [6, 6.07) is 15.8. The number of aromatic nitrogens is 5. The van der Waals surface area contributed by atoms with E-state index >= 15 is 0 Å². The predicted molar refractivity (Wildman–Crippen MR) is 122 cm³/mol. The van der Waals surface area contributed by atoms with Crippen LogP contribution in [0, 0.1) is 6.92 Å². The average molecular weight is 470 g/mol. The van der Waals surface area contributed by atoms with Gasteiger partial charge in [-0.2, -0.15) is 20.1 Å². The van der Waals surface area contributed by atoms with E-state index in [4.69, 9.17) is 27.9 Å². The van der Waals surface area contributed by atoms with Crippen LogP contribution in [0.4, 0.5) is 17.5 Å². The number of halogens is 2. The lowest BCUT2D eigenvalue weighted by Crippen LogP contribution is -2.14. The van der Waals surface area contributed by atoms with E-state index in [0.29, 0.717) is 33.1 Å². The maximum Gasteiger partial charge on any atom is 0.327 e. The molecule has 162 valence electrons. The third-order valence-electron chi connectivity index (χ3n) is 4.11. The first-order chi connectivity index (χ1) is 15.4. The molecule has 0 aliphatic rings. The van der Waals surface area contributed by atoms with Crippen molar-refractivity contribution in [2.24, 2.45) is 0 Å². The molecular formula is C21H17Cl2N7O2. The fraction of sp³-hybridized carbons (Fsp3) is 0.0952. The van der Waals surface area contributed by atoms with Gasteiger partial charge in [0, 0.05) is 23.5 Å². The highest BCUT2D eigenvalue weighted by molar-refractivity contribution is 6.42. The van der Waals surface area contributed by atoms with Crippen molar-refractivity contribution < 1.29 is 9.53 Å². The minimum atomic E-state index is -0.167. The normalized spacial score (nSPS) is 10.6. The first-order valence-corrected chi connectivity index (χ1v) is 10.2. The van der Waals surface area contributed by atoms with Crippen LogP contribution in [0.25, 0.3) is 0 Å². The van der Waals surface area contributed by atoms with Crippen LogP contribution in [-0.2, 0) is 11.2 Å². The Kier molecular flexibility index (Phi) is 6.48. The van der Waals surface area contributed by atoms with Gasteiger partial charge in [-0.25, -0.2) is 0 Å². The molecule has 0 fully saturated rings. The molecule has 32 heavy (non-hydrogen) atoms. The summed E-state index contributed by atoms with van der Waals surface area (Å²) in [5.41, 5.74) is 1.35. The van der Waals surface area contributed by atoms with Gasteiger partial charge in [-0.15, -0.1) is 0 Å². The fourth-order valence-corrected chi connectivity index (χ4v) is 3.02. The van der Waals surface area contributed by atoms with Crippen LogP contribution in [0.2, 0.25) is 10.0 Å². The first kappa shape index (κ1) is 21.5. The molecule has 0 radical (unpaired) electrons. The molecule has 2 aromatic carbocycles. The molecule has 9 nitrogen and oxygen atoms in total. The molecule has 4 rings (SSSR count). The molecule has 0 aliphatic heterocycles. The van der Waals surface area contributed by atoms with Crippen LogP contribution < -0.4 is 15.4 Å². The summed E-state index contributed by atoms with van der Waals surface area (Å²) in [5, 5.41) is 13.5. The predicted octanol–water partition coefficient (Wildman–Crippen LogP) is 4.93. The number of rotatable bonds is 7. The Hall–Kier alpha value is -3.69. The van der Waals surface area contributed by atoms with E-state index in [9.17, 15) is 4.79 Å². The van der Waals surface area contributed by atoms with Gasteiger partial charge >= 0.3 is 6.01 Å². The molecular weight excluding hydrogens is 453 g/mol. The second kappa shape index (κ2) is 9.63. The van der Waals surface area contributed by atoms with Crippen molar-refractivity contribution in [2.45, 2.75) is 13.3 Å². The monoisotopic (exact) mass is 469 g/mol. The van der Waals surface area contributed by atoms with Gasteiger partial charge in [-0.3, -0.25) is 9.89 Å². The third-order valence-corrected chi connectivity index (χ3v) is 4.85. The maximum absolute atomic E-state index is 12.2. The number of benzene rings is 2. The van der Waals surface area contributed by atoms with Crippen LogP contribution in [-0.4, -0.2) is 31.1 Å². The molecule has 1 amide bonds. The second-order valence-electron chi connectivity index (χ2n) is 6.66. The highest BCUT2D eigenvalue weighted by atomic mass is 35.5. The van der Waals surface area contributed by atoms with Crippen molar-refractivity contribution in [3.63, 3.8) is 0 Å². The Balaban J connectivity index is 1.41. The summed E-state index contributed by atoms with van der Waals surface area (Å²) in [5.74, 6) is 1.38. The number of hydrogen-bond donors (Lipinski definition) is 3. The van der Waals surface area contributed by atoms with E-state index in [-0.39, 0.29) is 24.3 Å². The van der Waals surface area contributed by atoms with Crippen molar-refractivity contribution in [1.82, 2.24) is 25.1 Å². The molecule has 0 bridgehead atoms. The van der Waals surface area contributed by atoms with E-state index in [1.165, 1.54) is 0 Å². The van der Waals surface area contributed by atoms with Gasteiger partial charge in [-0.1, -0.05) is 41.4 Å². The number of ether oxygens (including phenoxy) is 1. The van der Waals surface area contributed by atoms with Crippen molar-refractivity contribution in [1.29, 1.82) is 0 Å². The fourth-order valence-electron chi connectivity index (χ4n) is 2.73.